The fourth-order valence-corrected chi connectivity index (χ4v) is 3.99. The van der Waals surface area contributed by atoms with Crippen LogP contribution in [0.2, 0.25) is 0 Å². The lowest BCUT2D eigenvalue weighted by Crippen LogP contribution is -3.61. The van der Waals surface area contributed by atoms with Crippen LogP contribution >= 0.6 is 62.2 Å². The van der Waals surface area contributed by atoms with E-state index >= 15 is 0 Å². The summed E-state index contributed by atoms with van der Waals surface area (Å²) < 4.78 is 5.58. The van der Waals surface area contributed by atoms with Gasteiger partial charge in [0.25, 0.3) is 0 Å². The van der Waals surface area contributed by atoms with Crippen molar-refractivity contribution in [2.75, 3.05) is 0 Å². The second kappa shape index (κ2) is 7.52. The zero-order valence-electron chi connectivity index (χ0n) is 8.16. The van der Waals surface area contributed by atoms with Crippen LogP contribution in [0.4, 0.5) is 0 Å². The van der Waals surface area contributed by atoms with E-state index in [1.165, 1.54) is 14.3 Å². The molecule has 4 heteroatoms. The van der Waals surface area contributed by atoms with Gasteiger partial charge in [-0.25, -0.2) is 0 Å². The van der Waals surface area contributed by atoms with Crippen LogP contribution in [0.15, 0.2) is 48.5 Å². The maximum absolute atomic E-state index is 2.34. The Hall–Kier alpha value is 1.11. The molecule has 0 aliphatic rings. The molecule has 0 aliphatic carbocycles. The summed E-state index contributed by atoms with van der Waals surface area (Å²) in [6, 6.07) is 17.7. The van der Waals surface area contributed by atoms with Gasteiger partial charge in [-0.05, 0) is 93.7 Å². The van der Waals surface area contributed by atoms with Crippen LogP contribution in [0.25, 0.3) is 0 Å². The largest absolute Gasteiger partial charge is 0.357 e. The molecule has 0 bridgehead atoms. The summed E-state index contributed by atoms with van der Waals surface area (Å²) in [6.45, 7) is 0. The van der Waals surface area contributed by atoms with Gasteiger partial charge in [0.15, 0.2) is 7.14 Å². The number of benzene rings is 2. The Labute approximate surface area is 144 Å². The van der Waals surface area contributed by atoms with E-state index in [1.54, 1.807) is 0 Å². The molecule has 0 heterocycles. The molecular weight excluding hydrogens is 605 g/mol. The predicted molar refractivity (Wildman–Crippen MR) is 86.0 cm³/mol. The Kier molecular flexibility index (Phi) is 7.13. The smallest absolute Gasteiger partial charge is 0.114 e. The molecule has 0 aromatic heterocycles. The highest BCUT2D eigenvalue weighted by Crippen LogP contribution is 2.02. The van der Waals surface area contributed by atoms with Crippen molar-refractivity contribution >= 4 is 62.2 Å². The van der Waals surface area contributed by atoms with Gasteiger partial charge in [-0.1, -0.05) is 0 Å². The highest BCUT2D eigenvalue weighted by Gasteiger charge is 2.14. The zero-order chi connectivity index (χ0) is 10.7. The van der Waals surface area contributed by atoms with Gasteiger partial charge in [-0.15, -0.1) is 17.0 Å². The van der Waals surface area contributed by atoms with E-state index in [4.69, 9.17) is 0 Å². The zero-order valence-corrected chi connectivity index (χ0v) is 16.3. The summed E-state index contributed by atoms with van der Waals surface area (Å²) >= 11 is 4.68. The Morgan fingerprint density at radius 2 is 0.938 bits per heavy atom. The van der Waals surface area contributed by atoms with Crippen molar-refractivity contribution in [3.05, 3.63) is 62.8 Å². The van der Waals surface area contributed by atoms with Crippen LogP contribution in [0, 0.1) is 14.3 Å². The molecule has 0 N–H and O–H groups in total. The normalized spacial score (nSPS) is 9.62. The highest BCUT2D eigenvalue weighted by molar-refractivity contribution is 14.1. The molecular formula is C12H9BrI3+. The summed E-state index contributed by atoms with van der Waals surface area (Å²) in [5.74, 6) is 0. The monoisotopic (exact) mass is 613 g/mol. The van der Waals surface area contributed by atoms with Crippen LogP contribution in [-0.2, 0) is 0 Å². The van der Waals surface area contributed by atoms with Crippen molar-refractivity contribution in [3.63, 3.8) is 0 Å². The molecule has 0 aliphatic heterocycles. The first-order chi connectivity index (χ1) is 7.24. The number of halogens is 4. The number of hydrogen-bond acceptors (Lipinski definition) is 0. The van der Waals surface area contributed by atoms with Gasteiger partial charge < -0.3 is 0 Å². The minimum atomic E-state index is -0.00353. The van der Waals surface area contributed by atoms with E-state index < -0.39 is 0 Å². The Bertz CT molecular complexity index is 393. The Morgan fingerprint density at radius 3 is 1.25 bits per heavy atom. The van der Waals surface area contributed by atoms with Crippen LogP contribution < -0.4 is 21.2 Å². The molecule has 0 spiro atoms. The molecule has 2 rings (SSSR count). The molecule has 0 atom stereocenters. The summed E-state index contributed by atoms with van der Waals surface area (Å²) in [4.78, 5) is 0. The number of rotatable bonds is 2. The third-order valence-electron chi connectivity index (χ3n) is 1.83. The third-order valence-corrected chi connectivity index (χ3v) is 5.95. The van der Waals surface area contributed by atoms with Crippen LogP contribution in [0.3, 0.4) is 0 Å². The van der Waals surface area contributed by atoms with Gasteiger partial charge in [0.2, 0.25) is 0 Å². The quantitative estimate of drug-likeness (QED) is 0.452. The van der Waals surface area contributed by atoms with E-state index in [9.17, 15) is 0 Å². The average molecular weight is 614 g/mol. The minimum Gasteiger partial charge on any atom is -0.114 e. The molecule has 0 fully saturated rings. The average Bonchev–Trinajstić information content (AvgIpc) is 2.25. The molecule has 0 saturated carbocycles. The van der Waals surface area contributed by atoms with Crippen molar-refractivity contribution in [1.29, 1.82) is 0 Å². The topological polar surface area (TPSA) is 0 Å². The van der Waals surface area contributed by atoms with Gasteiger partial charge in [0.1, 0.15) is 0 Å². The molecule has 0 saturated heterocycles. The van der Waals surface area contributed by atoms with Gasteiger partial charge in [0.05, 0.1) is 0 Å². The minimum absolute atomic E-state index is 0. The van der Waals surface area contributed by atoms with Crippen molar-refractivity contribution in [3.8, 4) is 0 Å². The lowest BCUT2D eigenvalue weighted by molar-refractivity contribution is -0.597. The second-order valence-electron chi connectivity index (χ2n) is 2.97. The van der Waals surface area contributed by atoms with Crippen LogP contribution in [0.1, 0.15) is 0 Å². The second-order valence-corrected chi connectivity index (χ2v) is 8.49. The molecule has 0 amide bonds. The Morgan fingerprint density at radius 1 is 0.625 bits per heavy atom. The van der Waals surface area contributed by atoms with Crippen molar-refractivity contribution in [2.45, 2.75) is 0 Å². The molecule has 16 heavy (non-hydrogen) atoms. The molecule has 2 aromatic carbocycles. The molecule has 2 aromatic rings. The SMILES string of the molecule is Br.Ic1ccc([I+]c2ccc(I)cc2)cc1. The van der Waals surface area contributed by atoms with E-state index in [0.717, 1.165) is 0 Å². The van der Waals surface area contributed by atoms with Gasteiger partial charge in [-0.3, -0.25) is 0 Å². The van der Waals surface area contributed by atoms with Crippen molar-refractivity contribution < 1.29 is 21.2 Å². The maximum atomic E-state index is 2.34. The van der Waals surface area contributed by atoms with Crippen LogP contribution in [0.5, 0.6) is 0 Å². The summed E-state index contributed by atoms with van der Waals surface area (Å²) in [5.41, 5.74) is 0. The molecule has 0 nitrogen and oxygen atoms in total. The first-order valence-corrected chi connectivity index (χ1v) is 8.71. The van der Waals surface area contributed by atoms with Gasteiger partial charge in [-0.2, -0.15) is 0 Å². The first-order valence-electron chi connectivity index (χ1n) is 4.40. The summed E-state index contributed by atoms with van der Waals surface area (Å²) in [7, 11) is 0. The summed E-state index contributed by atoms with van der Waals surface area (Å²) in [6.07, 6.45) is 0. The van der Waals surface area contributed by atoms with Gasteiger partial charge >= 0.3 is 21.2 Å². The molecule has 84 valence electrons. The van der Waals surface area contributed by atoms with E-state index in [-0.39, 0.29) is 38.2 Å². The van der Waals surface area contributed by atoms with Gasteiger partial charge in [0, 0.05) is 7.14 Å². The molecule has 0 radical (unpaired) electrons. The first kappa shape index (κ1) is 15.2. The summed E-state index contributed by atoms with van der Waals surface area (Å²) in [5, 5.41) is 0. The lowest BCUT2D eigenvalue weighted by Gasteiger charge is -1.89. The van der Waals surface area contributed by atoms with Crippen molar-refractivity contribution in [2.24, 2.45) is 0 Å². The van der Waals surface area contributed by atoms with Crippen molar-refractivity contribution in [1.82, 2.24) is 0 Å². The van der Waals surface area contributed by atoms with Crippen LogP contribution in [-0.4, -0.2) is 0 Å². The van der Waals surface area contributed by atoms with E-state index in [1.807, 2.05) is 0 Å². The fourth-order valence-electron chi connectivity index (χ4n) is 1.11. The van der Waals surface area contributed by atoms with E-state index in [0.29, 0.717) is 0 Å². The number of hydrogen-bond donors (Lipinski definition) is 0. The fraction of sp³-hybridized carbons (Fsp3) is 0. The standard InChI is InChI=1S/C12H8I3.BrH/c13-9-1-5-11(6-2-9)15-12-7-3-10(14)4-8-12;/h1-8H;1H/q+1;. The van der Waals surface area contributed by atoms with E-state index in [2.05, 4.69) is 93.7 Å². The maximum Gasteiger partial charge on any atom is 0.357 e. The third kappa shape index (κ3) is 4.77. The lowest BCUT2D eigenvalue weighted by atomic mass is 10.4. The highest BCUT2D eigenvalue weighted by atomic mass is 127. The molecule has 0 unspecified atom stereocenters. The predicted octanol–water partition coefficient (Wildman–Crippen LogP) is 1.60. The Balaban J connectivity index is 0.00000128.